The Balaban J connectivity index is 2.57. The van der Waals surface area contributed by atoms with E-state index in [-0.39, 0.29) is 12.1 Å². The maximum Gasteiger partial charge on any atom is 0.317 e. The SMILES string of the molecule is CCC(NC(=O)N1CCC(C)(C(=O)O)C1)C(C)C. The van der Waals surface area contributed by atoms with E-state index in [1.807, 2.05) is 6.92 Å². The molecule has 1 aliphatic rings. The van der Waals surface area contributed by atoms with Gasteiger partial charge in [-0.25, -0.2) is 4.79 Å². The number of likely N-dealkylation sites (tertiary alicyclic amines) is 1. The van der Waals surface area contributed by atoms with Gasteiger partial charge < -0.3 is 15.3 Å². The van der Waals surface area contributed by atoms with Gasteiger partial charge in [0.15, 0.2) is 0 Å². The van der Waals surface area contributed by atoms with E-state index in [1.165, 1.54) is 0 Å². The molecule has 2 unspecified atom stereocenters. The lowest BCUT2D eigenvalue weighted by Gasteiger charge is -2.26. The van der Waals surface area contributed by atoms with Crippen LogP contribution >= 0.6 is 0 Å². The van der Waals surface area contributed by atoms with Gasteiger partial charge in [-0.05, 0) is 25.7 Å². The van der Waals surface area contributed by atoms with Crippen molar-refractivity contribution in [1.82, 2.24) is 10.2 Å². The second-order valence-electron chi connectivity index (χ2n) is 5.75. The quantitative estimate of drug-likeness (QED) is 0.807. The molecular weight excluding hydrogens is 232 g/mol. The Labute approximate surface area is 109 Å². The van der Waals surface area contributed by atoms with Gasteiger partial charge in [-0.3, -0.25) is 4.79 Å². The Kier molecular flexibility index (Phi) is 4.59. The lowest BCUT2D eigenvalue weighted by atomic mass is 9.90. The molecule has 18 heavy (non-hydrogen) atoms. The number of carbonyl (C=O) groups excluding carboxylic acids is 1. The highest BCUT2D eigenvalue weighted by atomic mass is 16.4. The molecule has 1 rings (SSSR count). The summed E-state index contributed by atoms with van der Waals surface area (Å²) in [5, 5.41) is 12.1. The molecule has 5 nitrogen and oxygen atoms in total. The van der Waals surface area contributed by atoms with Crippen molar-refractivity contribution in [1.29, 1.82) is 0 Å². The minimum atomic E-state index is -0.825. The van der Waals surface area contributed by atoms with Gasteiger partial charge >= 0.3 is 12.0 Å². The minimum Gasteiger partial charge on any atom is -0.481 e. The second kappa shape index (κ2) is 5.59. The summed E-state index contributed by atoms with van der Waals surface area (Å²) in [5.41, 5.74) is -0.795. The molecule has 0 aliphatic carbocycles. The average molecular weight is 256 g/mol. The lowest BCUT2D eigenvalue weighted by molar-refractivity contribution is -0.147. The first-order chi connectivity index (χ1) is 8.30. The minimum absolute atomic E-state index is 0.138. The smallest absolute Gasteiger partial charge is 0.317 e. The van der Waals surface area contributed by atoms with Gasteiger partial charge in [-0.1, -0.05) is 20.8 Å². The van der Waals surface area contributed by atoms with Crippen molar-refractivity contribution in [3.05, 3.63) is 0 Å². The first kappa shape index (κ1) is 14.8. The summed E-state index contributed by atoms with van der Waals surface area (Å²) in [6.45, 7) is 8.68. The van der Waals surface area contributed by atoms with Crippen LogP contribution in [0.25, 0.3) is 0 Å². The molecule has 0 aromatic carbocycles. The average Bonchev–Trinajstić information content (AvgIpc) is 2.69. The first-order valence-electron chi connectivity index (χ1n) is 6.59. The highest BCUT2D eigenvalue weighted by molar-refractivity contribution is 5.79. The molecule has 2 N–H and O–H groups in total. The monoisotopic (exact) mass is 256 g/mol. The Morgan fingerprint density at radius 3 is 2.44 bits per heavy atom. The Morgan fingerprint density at radius 1 is 1.44 bits per heavy atom. The number of urea groups is 1. The number of aliphatic carboxylic acids is 1. The van der Waals surface area contributed by atoms with Gasteiger partial charge in [0.25, 0.3) is 0 Å². The molecule has 5 heteroatoms. The number of nitrogens with one attached hydrogen (secondary N) is 1. The molecular formula is C13H24N2O3. The standard InChI is InChI=1S/C13H24N2O3/c1-5-10(9(2)3)14-12(18)15-7-6-13(4,8-15)11(16)17/h9-10H,5-8H2,1-4H3,(H,14,18)(H,16,17). The highest BCUT2D eigenvalue weighted by Crippen LogP contribution is 2.30. The van der Waals surface area contributed by atoms with Gasteiger partial charge in [0.2, 0.25) is 0 Å². The number of carboxylic acid groups (broad SMARTS) is 1. The fourth-order valence-corrected chi connectivity index (χ4v) is 2.30. The van der Waals surface area contributed by atoms with Crippen LogP contribution in [0.5, 0.6) is 0 Å². The molecule has 0 aromatic rings. The topological polar surface area (TPSA) is 69.6 Å². The van der Waals surface area contributed by atoms with Crippen LogP contribution in [0, 0.1) is 11.3 Å². The summed E-state index contributed by atoms with van der Waals surface area (Å²) < 4.78 is 0. The summed E-state index contributed by atoms with van der Waals surface area (Å²) in [6, 6.07) is 0.00899. The number of carboxylic acids is 1. The van der Waals surface area contributed by atoms with E-state index < -0.39 is 11.4 Å². The van der Waals surface area contributed by atoms with Gasteiger partial charge in [-0.15, -0.1) is 0 Å². The fourth-order valence-electron chi connectivity index (χ4n) is 2.30. The van der Waals surface area contributed by atoms with Gasteiger partial charge in [0.1, 0.15) is 0 Å². The van der Waals surface area contributed by atoms with Crippen molar-refractivity contribution < 1.29 is 14.7 Å². The normalized spacial score (nSPS) is 25.3. The maximum absolute atomic E-state index is 12.1. The van der Waals surface area contributed by atoms with Crippen molar-refractivity contribution in [2.24, 2.45) is 11.3 Å². The summed E-state index contributed by atoms with van der Waals surface area (Å²) in [5.74, 6) is -0.443. The number of nitrogens with zero attached hydrogens (tertiary/aromatic N) is 1. The number of rotatable bonds is 4. The van der Waals surface area contributed by atoms with Crippen LogP contribution in [-0.2, 0) is 4.79 Å². The molecule has 1 saturated heterocycles. The summed E-state index contributed by atoms with van der Waals surface area (Å²) in [7, 11) is 0. The largest absolute Gasteiger partial charge is 0.481 e. The van der Waals surface area contributed by atoms with Crippen LogP contribution in [0.3, 0.4) is 0 Å². The molecule has 104 valence electrons. The van der Waals surface area contributed by atoms with E-state index in [0.29, 0.717) is 25.4 Å². The summed E-state index contributed by atoms with van der Waals surface area (Å²) in [6.07, 6.45) is 1.40. The predicted octanol–water partition coefficient (Wildman–Crippen LogP) is 1.93. The Bertz CT molecular complexity index is 330. The molecule has 0 radical (unpaired) electrons. The van der Waals surface area contributed by atoms with Crippen LogP contribution in [0.1, 0.15) is 40.5 Å². The van der Waals surface area contributed by atoms with Crippen molar-refractivity contribution in [2.45, 2.75) is 46.6 Å². The third-order valence-corrected chi connectivity index (χ3v) is 3.83. The molecule has 2 atom stereocenters. The Morgan fingerprint density at radius 2 is 2.06 bits per heavy atom. The van der Waals surface area contributed by atoms with Crippen molar-refractivity contribution >= 4 is 12.0 Å². The fraction of sp³-hybridized carbons (Fsp3) is 0.846. The molecule has 0 spiro atoms. The maximum atomic E-state index is 12.1. The molecule has 0 aromatic heterocycles. The molecule has 0 bridgehead atoms. The Hall–Kier alpha value is -1.26. The summed E-state index contributed by atoms with van der Waals surface area (Å²) >= 11 is 0. The lowest BCUT2D eigenvalue weighted by Crippen LogP contribution is -2.46. The van der Waals surface area contributed by atoms with Crippen LogP contribution < -0.4 is 5.32 Å². The number of carbonyl (C=O) groups is 2. The number of amides is 2. The molecule has 1 heterocycles. The highest BCUT2D eigenvalue weighted by Gasteiger charge is 2.42. The third-order valence-electron chi connectivity index (χ3n) is 3.83. The second-order valence-corrected chi connectivity index (χ2v) is 5.75. The molecule has 0 saturated carbocycles. The van der Waals surface area contributed by atoms with E-state index in [1.54, 1.807) is 11.8 Å². The van der Waals surface area contributed by atoms with Crippen LogP contribution in [-0.4, -0.2) is 41.1 Å². The van der Waals surface area contributed by atoms with Crippen molar-refractivity contribution in [3.8, 4) is 0 Å². The molecule has 1 fully saturated rings. The van der Waals surface area contributed by atoms with Crippen LogP contribution in [0.4, 0.5) is 4.79 Å². The van der Waals surface area contributed by atoms with Gasteiger partial charge in [0, 0.05) is 19.1 Å². The third kappa shape index (κ3) is 3.15. The van der Waals surface area contributed by atoms with E-state index in [4.69, 9.17) is 5.11 Å². The van der Waals surface area contributed by atoms with Crippen LogP contribution in [0.15, 0.2) is 0 Å². The van der Waals surface area contributed by atoms with Crippen LogP contribution in [0.2, 0.25) is 0 Å². The van der Waals surface area contributed by atoms with Crippen molar-refractivity contribution in [2.75, 3.05) is 13.1 Å². The predicted molar refractivity (Wildman–Crippen MR) is 69.4 cm³/mol. The number of hydrogen-bond acceptors (Lipinski definition) is 2. The summed E-state index contributed by atoms with van der Waals surface area (Å²) in [4.78, 5) is 24.8. The van der Waals surface area contributed by atoms with Gasteiger partial charge in [-0.2, -0.15) is 0 Å². The first-order valence-corrected chi connectivity index (χ1v) is 6.59. The zero-order valence-electron chi connectivity index (χ0n) is 11.7. The van der Waals surface area contributed by atoms with E-state index >= 15 is 0 Å². The van der Waals surface area contributed by atoms with Crippen molar-refractivity contribution in [3.63, 3.8) is 0 Å². The molecule has 1 aliphatic heterocycles. The molecule has 2 amide bonds. The number of hydrogen-bond donors (Lipinski definition) is 2. The van der Waals surface area contributed by atoms with E-state index in [0.717, 1.165) is 6.42 Å². The van der Waals surface area contributed by atoms with E-state index in [2.05, 4.69) is 19.2 Å². The van der Waals surface area contributed by atoms with Gasteiger partial charge in [0.05, 0.1) is 5.41 Å². The van der Waals surface area contributed by atoms with E-state index in [9.17, 15) is 9.59 Å². The zero-order chi connectivity index (χ0) is 13.9. The zero-order valence-corrected chi connectivity index (χ0v) is 11.7.